The van der Waals surface area contributed by atoms with Gasteiger partial charge in [-0.1, -0.05) is 37.3 Å². The van der Waals surface area contributed by atoms with Crippen molar-refractivity contribution in [1.29, 1.82) is 0 Å². The Morgan fingerprint density at radius 1 is 0.958 bits per heavy atom. The molecule has 2 aromatic heterocycles. The van der Waals surface area contributed by atoms with E-state index in [9.17, 15) is 0 Å². The molecule has 1 atom stereocenters. The van der Waals surface area contributed by atoms with Crippen molar-refractivity contribution in [2.75, 3.05) is 14.2 Å². The molecular formula is C19H21N3O2. The summed E-state index contributed by atoms with van der Waals surface area (Å²) in [6.07, 6.45) is 3.22. The first-order chi connectivity index (χ1) is 11.7. The van der Waals surface area contributed by atoms with E-state index in [0.717, 1.165) is 28.3 Å². The van der Waals surface area contributed by atoms with Crippen molar-refractivity contribution in [2.45, 2.75) is 19.1 Å². The summed E-state index contributed by atoms with van der Waals surface area (Å²) in [6.45, 7) is 2.03. The van der Waals surface area contributed by atoms with Crippen LogP contribution in [0.1, 0.15) is 18.7 Å². The summed E-state index contributed by atoms with van der Waals surface area (Å²) in [5, 5.41) is 0. The van der Waals surface area contributed by atoms with Gasteiger partial charge in [0.05, 0.1) is 17.3 Å². The minimum atomic E-state index is -0.360. The van der Waals surface area contributed by atoms with Gasteiger partial charge in [0.15, 0.2) is 6.29 Å². The van der Waals surface area contributed by atoms with Gasteiger partial charge in [0, 0.05) is 37.7 Å². The highest BCUT2D eigenvalue weighted by atomic mass is 16.7. The highest BCUT2D eigenvalue weighted by molar-refractivity contribution is 5.78. The molecule has 1 aromatic carbocycles. The van der Waals surface area contributed by atoms with E-state index in [1.807, 2.05) is 43.5 Å². The number of methoxy groups -OCH3 is 2. The van der Waals surface area contributed by atoms with Crippen LogP contribution in [0.4, 0.5) is 0 Å². The van der Waals surface area contributed by atoms with E-state index in [-0.39, 0.29) is 12.2 Å². The van der Waals surface area contributed by atoms with Crippen LogP contribution in [0, 0.1) is 0 Å². The van der Waals surface area contributed by atoms with Crippen LogP contribution in [0.15, 0.2) is 54.9 Å². The maximum absolute atomic E-state index is 5.38. The zero-order valence-electron chi connectivity index (χ0n) is 14.1. The quantitative estimate of drug-likeness (QED) is 0.700. The third-order valence-electron chi connectivity index (χ3n) is 4.02. The second kappa shape index (κ2) is 7.38. The van der Waals surface area contributed by atoms with Crippen LogP contribution in [0.5, 0.6) is 0 Å². The summed E-state index contributed by atoms with van der Waals surface area (Å²) < 4.78 is 10.8. The Labute approximate surface area is 141 Å². The first-order valence-corrected chi connectivity index (χ1v) is 7.86. The molecule has 0 spiro atoms. The minimum absolute atomic E-state index is 0.0344. The van der Waals surface area contributed by atoms with Gasteiger partial charge in [0.2, 0.25) is 0 Å². The number of hydrogen-bond donors (Lipinski definition) is 1. The molecule has 24 heavy (non-hydrogen) atoms. The Balaban J connectivity index is 2.10. The fourth-order valence-electron chi connectivity index (χ4n) is 2.77. The SMILES string of the molecule is COC(OC)C(C)c1nc(-c2cccnc2)c(-c2ccccc2)[nH]1. The highest BCUT2D eigenvalue weighted by Gasteiger charge is 2.24. The van der Waals surface area contributed by atoms with Crippen molar-refractivity contribution in [3.05, 3.63) is 60.7 Å². The van der Waals surface area contributed by atoms with Gasteiger partial charge in [-0.2, -0.15) is 0 Å². The maximum Gasteiger partial charge on any atom is 0.166 e. The lowest BCUT2D eigenvalue weighted by Crippen LogP contribution is -2.21. The van der Waals surface area contributed by atoms with Gasteiger partial charge in [-0.15, -0.1) is 0 Å². The number of aromatic nitrogens is 3. The molecular weight excluding hydrogens is 302 g/mol. The molecule has 0 bridgehead atoms. The maximum atomic E-state index is 5.38. The average molecular weight is 323 g/mol. The topological polar surface area (TPSA) is 60.0 Å². The van der Waals surface area contributed by atoms with Crippen LogP contribution < -0.4 is 0 Å². The predicted molar refractivity (Wildman–Crippen MR) is 93.5 cm³/mol. The third kappa shape index (κ3) is 3.22. The molecule has 0 fully saturated rings. The fraction of sp³-hybridized carbons (Fsp3) is 0.263. The number of imidazole rings is 1. The second-order valence-electron chi connectivity index (χ2n) is 5.58. The fourth-order valence-corrected chi connectivity index (χ4v) is 2.77. The van der Waals surface area contributed by atoms with Crippen LogP contribution in [0.25, 0.3) is 22.5 Å². The lowest BCUT2D eigenvalue weighted by Gasteiger charge is -2.19. The van der Waals surface area contributed by atoms with Crippen LogP contribution >= 0.6 is 0 Å². The number of benzene rings is 1. The van der Waals surface area contributed by atoms with Crippen molar-refractivity contribution in [3.8, 4) is 22.5 Å². The average Bonchev–Trinajstić information content (AvgIpc) is 3.09. The molecule has 0 saturated heterocycles. The number of pyridine rings is 1. The van der Waals surface area contributed by atoms with E-state index in [4.69, 9.17) is 14.5 Å². The molecule has 0 amide bonds. The highest BCUT2D eigenvalue weighted by Crippen LogP contribution is 2.32. The Morgan fingerprint density at radius 3 is 2.29 bits per heavy atom. The summed E-state index contributed by atoms with van der Waals surface area (Å²) in [7, 11) is 3.27. The van der Waals surface area contributed by atoms with Gasteiger partial charge in [0.25, 0.3) is 0 Å². The number of nitrogens with one attached hydrogen (secondary N) is 1. The van der Waals surface area contributed by atoms with Gasteiger partial charge in [-0.05, 0) is 12.1 Å². The molecule has 0 aliphatic heterocycles. The number of rotatable bonds is 6. The van der Waals surface area contributed by atoms with Gasteiger partial charge in [0.1, 0.15) is 5.82 Å². The molecule has 3 rings (SSSR count). The molecule has 2 heterocycles. The number of H-pyrrole nitrogens is 1. The van der Waals surface area contributed by atoms with Crippen LogP contribution in [-0.4, -0.2) is 35.5 Å². The molecule has 0 aliphatic rings. The summed E-state index contributed by atoms with van der Waals surface area (Å²) >= 11 is 0. The van der Waals surface area contributed by atoms with E-state index in [2.05, 4.69) is 22.1 Å². The van der Waals surface area contributed by atoms with Gasteiger partial charge >= 0.3 is 0 Å². The van der Waals surface area contributed by atoms with E-state index < -0.39 is 0 Å². The summed E-state index contributed by atoms with van der Waals surface area (Å²) in [4.78, 5) is 12.5. The molecule has 0 saturated carbocycles. The van der Waals surface area contributed by atoms with E-state index in [1.54, 1.807) is 20.4 Å². The van der Waals surface area contributed by atoms with E-state index in [1.165, 1.54) is 0 Å². The monoisotopic (exact) mass is 323 g/mol. The summed E-state index contributed by atoms with van der Waals surface area (Å²) in [6, 6.07) is 14.1. The first kappa shape index (κ1) is 16.4. The Bertz CT molecular complexity index is 711. The standard InChI is InChI=1S/C19H21N3O2/c1-13(19(23-2)24-3)18-21-16(14-8-5-4-6-9-14)17(22-18)15-10-7-11-20-12-15/h4-13,19H,1-3H3,(H,21,22). The van der Waals surface area contributed by atoms with Crippen molar-refractivity contribution in [1.82, 2.24) is 15.0 Å². The summed E-state index contributed by atoms with van der Waals surface area (Å²) in [5.41, 5.74) is 3.89. The van der Waals surface area contributed by atoms with Gasteiger partial charge in [-0.3, -0.25) is 4.98 Å². The largest absolute Gasteiger partial charge is 0.355 e. The Kier molecular flexibility index (Phi) is 5.03. The molecule has 3 aromatic rings. The van der Waals surface area contributed by atoms with Crippen LogP contribution in [0.3, 0.4) is 0 Å². The normalized spacial score (nSPS) is 12.5. The molecule has 5 nitrogen and oxygen atoms in total. The Hall–Kier alpha value is -2.50. The number of ether oxygens (including phenoxy) is 2. The van der Waals surface area contributed by atoms with Crippen LogP contribution in [0.2, 0.25) is 0 Å². The van der Waals surface area contributed by atoms with Gasteiger partial charge < -0.3 is 14.5 Å². The number of hydrogen-bond acceptors (Lipinski definition) is 4. The molecule has 5 heteroatoms. The molecule has 1 N–H and O–H groups in total. The lowest BCUT2D eigenvalue weighted by molar-refractivity contribution is -0.116. The van der Waals surface area contributed by atoms with E-state index in [0.29, 0.717) is 0 Å². The van der Waals surface area contributed by atoms with Crippen LogP contribution in [-0.2, 0) is 9.47 Å². The molecule has 0 radical (unpaired) electrons. The smallest absolute Gasteiger partial charge is 0.166 e. The second-order valence-corrected chi connectivity index (χ2v) is 5.58. The number of aromatic amines is 1. The minimum Gasteiger partial charge on any atom is -0.355 e. The van der Waals surface area contributed by atoms with Crippen molar-refractivity contribution in [2.24, 2.45) is 0 Å². The molecule has 1 unspecified atom stereocenters. The lowest BCUT2D eigenvalue weighted by atomic mass is 10.1. The van der Waals surface area contributed by atoms with Gasteiger partial charge in [-0.25, -0.2) is 4.98 Å². The van der Waals surface area contributed by atoms with E-state index >= 15 is 0 Å². The zero-order chi connectivity index (χ0) is 16.9. The Morgan fingerprint density at radius 2 is 1.67 bits per heavy atom. The third-order valence-corrected chi connectivity index (χ3v) is 4.02. The molecule has 124 valence electrons. The van der Waals surface area contributed by atoms with Crippen molar-refractivity contribution in [3.63, 3.8) is 0 Å². The molecule has 0 aliphatic carbocycles. The zero-order valence-corrected chi connectivity index (χ0v) is 14.1. The summed E-state index contributed by atoms with van der Waals surface area (Å²) in [5.74, 6) is 0.786. The van der Waals surface area contributed by atoms with Crippen molar-refractivity contribution >= 4 is 0 Å². The predicted octanol–water partition coefficient (Wildman–Crippen LogP) is 3.86. The first-order valence-electron chi connectivity index (χ1n) is 7.86. The van der Waals surface area contributed by atoms with Crippen molar-refractivity contribution < 1.29 is 9.47 Å². The number of nitrogens with zero attached hydrogens (tertiary/aromatic N) is 2.